The van der Waals surface area contributed by atoms with Crippen molar-refractivity contribution < 1.29 is 17.7 Å². The van der Waals surface area contributed by atoms with Gasteiger partial charge in [0.25, 0.3) is 10.1 Å². The first-order valence-electron chi connectivity index (χ1n) is 6.18. The number of aryl methyl sites for hydroxylation is 1. The van der Waals surface area contributed by atoms with Gasteiger partial charge in [-0.2, -0.15) is 8.42 Å². The van der Waals surface area contributed by atoms with Gasteiger partial charge in [0, 0.05) is 0 Å². The van der Waals surface area contributed by atoms with Gasteiger partial charge in [-0.3, -0.25) is 4.18 Å². The topological polar surface area (TPSA) is 63.6 Å². The summed E-state index contributed by atoms with van der Waals surface area (Å²) in [5.41, 5.74) is 1.58. The van der Waals surface area contributed by atoms with E-state index < -0.39 is 16.2 Å². The van der Waals surface area contributed by atoms with E-state index in [1.807, 2.05) is 13.0 Å². The number of hydrogen-bond donors (Lipinski definition) is 1. The Hall–Kier alpha value is -1.69. The molecule has 0 radical (unpaired) electrons. The summed E-state index contributed by atoms with van der Waals surface area (Å²) in [7, 11) is -3.84. The lowest BCUT2D eigenvalue weighted by Crippen LogP contribution is -2.13. The highest BCUT2D eigenvalue weighted by molar-refractivity contribution is 7.86. The Kier molecular flexibility index (Phi) is 4.54. The van der Waals surface area contributed by atoms with Crippen LogP contribution >= 0.6 is 0 Å². The Morgan fingerprint density at radius 3 is 2.25 bits per heavy atom. The Balaban J connectivity index is 2.04. The van der Waals surface area contributed by atoms with Gasteiger partial charge in [-0.25, -0.2) is 0 Å². The first-order chi connectivity index (χ1) is 9.49. The number of benzene rings is 2. The van der Waals surface area contributed by atoms with Crippen molar-refractivity contribution in [2.75, 3.05) is 6.61 Å². The molecule has 0 fully saturated rings. The molecule has 2 aromatic carbocycles. The average Bonchev–Trinajstić information content (AvgIpc) is 2.46. The van der Waals surface area contributed by atoms with Gasteiger partial charge in [0.1, 0.15) is 6.10 Å². The van der Waals surface area contributed by atoms with Crippen LogP contribution in [-0.4, -0.2) is 20.1 Å². The van der Waals surface area contributed by atoms with Crippen LogP contribution < -0.4 is 0 Å². The van der Waals surface area contributed by atoms with E-state index in [-0.39, 0.29) is 11.5 Å². The molecule has 2 rings (SSSR count). The molecule has 0 aliphatic heterocycles. The van der Waals surface area contributed by atoms with Crippen LogP contribution in [0.3, 0.4) is 0 Å². The van der Waals surface area contributed by atoms with Crippen LogP contribution in [0.4, 0.5) is 0 Å². The Labute approximate surface area is 118 Å². The van der Waals surface area contributed by atoms with E-state index in [2.05, 4.69) is 0 Å². The first kappa shape index (κ1) is 14.7. The summed E-state index contributed by atoms with van der Waals surface area (Å²) in [5, 5.41) is 9.89. The van der Waals surface area contributed by atoms with Gasteiger partial charge in [-0.1, -0.05) is 48.0 Å². The van der Waals surface area contributed by atoms with Gasteiger partial charge in [0.2, 0.25) is 0 Å². The molecule has 0 aliphatic carbocycles. The van der Waals surface area contributed by atoms with Crippen molar-refractivity contribution in [3.63, 3.8) is 0 Å². The van der Waals surface area contributed by atoms with E-state index in [1.54, 1.807) is 36.4 Å². The van der Waals surface area contributed by atoms with E-state index in [0.717, 1.165) is 5.56 Å². The summed E-state index contributed by atoms with van der Waals surface area (Å²) in [6, 6.07) is 15.2. The zero-order valence-electron chi connectivity index (χ0n) is 11.1. The van der Waals surface area contributed by atoms with Gasteiger partial charge < -0.3 is 5.11 Å². The molecule has 1 atom stereocenters. The Morgan fingerprint density at radius 2 is 1.65 bits per heavy atom. The van der Waals surface area contributed by atoms with Crippen LogP contribution in [-0.2, 0) is 14.3 Å². The van der Waals surface area contributed by atoms with Crippen LogP contribution in [0.15, 0.2) is 59.5 Å². The van der Waals surface area contributed by atoms with Crippen LogP contribution in [0, 0.1) is 6.92 Å². The predicted octanol–water partition coefficient (Wildman–Crippen LogP) is 2.43. The van der Waals surface area contributed by atoms with Crippen molar-refractivity contribution in [2.45, 2.75) is 17.9 Å². The number of aliphatic hydroxyl groups excluding tert-OH is 1. The normalized spacial score (nSPS) is 13.1. The van der Waals surface area contributed by atoms with Crippen LogP contribution in [0.25, 0.3) is 0 Å². The molecule has 0 saturated heterocycles. The zero-order valence-corrected chi connectivity index (χ0v) is 11.9. The highest BCUT2D eigenvalue weighted by Crippen LogP contribution is 2.17. The summed E-state index contributed by atoms with van der Waals surface area (Å²) in [5.74, 6) is 0. The molecule has 106 valence electrons. The van der Waals surface area contributed by atoms with Crippen molar-refractivity contribution in [1.29, 1.82) is 0 Å². The highest BCUT2D eigenvalue weighted by Gasteiger charge is 2.17. The monoisotopic (exact) mass is 292 g/mol. The minimum Gasteiger partial charge on any atom is -0.386 e. The fourth-order valence-electron chi connectivity index (χ4n) is 1.70. The highest BCUT2D eigenvalue weighted by atomic mass is 32.2. The van der Waals surface area contributed by atoms with Crippen LogP contribution in [0.1, 0.15) is 17.2 Å². The van der Waals surface area contributed by atoms with E-state index in [1.165, 1.54) is 12.1 Å². The average molecular weight is 292 g/mol. The maximum Gasteiger partial charge on any atom is 0.297 e. The summed E-state index contributed by atoms with van der Waals surface area (Å²) < 4.78 is 28.8. The first-order valence-corrected chi connectivity index (χ1v) is 7.59. The van der Waals surface area contributed by atoms with Gasteiger partial charge >= 0.3 is 0 Å². The minimum absolute atomic E-state index is 0.0864. The van der Waals surface area contributed by atoms with E-state index in [9.17, 15) is 13.5 Å². The molecular formula is C15H16O4S. The SMILES string of the molecule is Cc1ccc(S(=O)(=O)OC[C@H](O)c2ccccc2)cc1. The van der Waals surface area contributed by atoms with Crippen molar-refractivity contribution in [3.05, 3.63) is 65.7 Å². The largest absolute Gasteiger partial charge is 0.386 e. The zero-order chi connectivity index (χ0) is 14.6. The van der Waals surface area contributed by atoms with Crippen molar-refractivity contribution in [3.8, 4) is 0 Å². The Bertz CT molecular complexity index is 648. The molecule has 2 aromatic rings. The minimum atomic E-state index is -3.84. The standard InChI is InChI=1S/C15H16O4S/c1-12-7-9-14(10-8-12)20(17,18)19-11-15(16)13-5-3-2-4-6-13/h2-10,15-16H,11H2,1H3/t15-/m0/s1. The fraction of sp³-hybridized carbons (Fsp3) is 0.200. The van der Waals surface area contributed by atoms with Crippen molar-refractivity contribution in [2.24, 2.45) is 0 Å². The molecule has 0 aliphatic rings. The fourth-order valence-corrected chi connectivity index (χ4v) is 2.61. The number of aliphatic hydroxyl groups is 1. The van der Waals surface area contributed by atoms with E-state index in [4.69, 9.17) is 4.18 Å². The summed E-state index contributed by atoms with van der Waals surface area (Å²) in [6.07, 6.45) is -0.976. The third kappa shape index (κ3) is 3.66. The lowest BCUT2D eigenvalue weighted by molar-refractivity contribution is 0.111. The van der Waals surface area contributed by atoms with Gasteiger partial charge in [-0.15, -0.1) is 0 Å². The lowest BCUT2D eigenvalue weighted by Gasteiger charge is -2.11. The summed E-state index contributed by atoms with van der Waals surface area (Å²) in [4.78, 5) is 0.0864. The quantitative estimate of drug-likeness (QED) is 0.860. The molecule has 0 bridgehead atoms. The molecule has 0 spiro atoms. The summed E-state index contributed by atoms with van der Waals surface area (Å²) >= 11 is 0. The number of rotatable bonds is 5. The smallest absolute Gasteiger partial charge is 0.297 e. The molecule has 0 aromatic heterocycles. The molecule has 4 nitrogen and oxygen atoms in total. The van der Waals surface area contributed by atoms with Gasteiger partial charge in [0.05, 0.1) is 11.5 Å². The third-order valence-corrected chi connectivity index (χ3v) is 4.17. The second kappa shape index (κ2) is 6.17. The van der Waals surface area contributed by atoms with Crippen LogP contribution in [0.5, 0.6) is 0 Å². The molecule has 0 heterocycles. The van der Waals surface area contributed by atoms with Gasteiger partial charge in [-0.05, 0) is 24.6 Å². The van der Waals surface area contributed by atoms with Crippen LogP contribution in [0.2, 0.25) is 0 Å². The Morgan fingerprint density at radius 1 is 1.05 bits per heavy atom. The molecule has 0 saturated carbocycles. The van der Waals surface area contributed by atoms with E-state index in [0.29, 0.717) is 5.56 Å². The maximum atomic E-state index is 11.9. The van der Waals surface area contributed by atoms with Crippen molar-refractivity contribution >= 4 is 10.1 Å². The van der Waals surface area contributed by atoms with Crippen molar-refractivity contribution in [1.82, 2.24) is 0 Å². The van der Waals surface area contributed by atoms with Gasteiger partial charge in [0.15, 0.2) is 0 Å². The second-order valence-corrected chi connectivity index (χ2v) is 6.09. The molecule has 1 N–H and O–H groups in total. The molecular weight excluding hydrogens is 276 g/mol. The number of hydrogen-bond acceptors (Lipinski definition) is 4. The summed E-state index contributed by atoms with van der Waals surface area (Å²) in [6.45, 7) is 1.57. The molecule has 0 amide bonds. The second-order valence-electron chi connectivity index (χ2n) is 4.48. The van der Waals surface area contributed by atoms with E-state index >= 15 is 0 Å². The molecule has 0 unspecified atom stereocenters. The molecule has 5 heteroatoms. The third-order valence-electron chi connectivity index (χ3n) is 2.88. The molecule has 20 heavy (non-hydrogen) atoms. The lowest BCUT2D eigenvalue weighted by atomic mass is 10.1. The maximum absolute atomic E-state index is 11.9. The predicted molar refractivity (Wildman–Crippen MR) is 75.7 cm³/mol.